The Labute approximate surface area is 176 Å². The fourth-order valence-corrected chi connectivity index (χ4v) is 3.75. The van der Waals surface area contributed by atoms with Crippen LogP contribution >= 0.6 is 0 Å². The summed E-state index contributed by atoms with van der Waals surface area (Å²) in [5.74, 6) is 1.37. The van der Waals surface area contributed by atoms with Gasteiger partial charge in [-0.3, -0.25) is 9.36 Å². The van der Waals surface area contributed by atoms with Gasteiger partial charge >= 0.3 is 0 Å². The summed E-state index contributed by atoms with van der Waals surface area (Å²) in [7, 11) is 1.62. The molecule has 30 heavy (non-hydrogen) atoms. The Balaban J connectivity index is 1.75. The van der Waals surface area contributed by atoms with Gasteiger partial charge in [-0.25, -0.2) is 4.98 Å². The first-order valence-corrected chi connectivity index (χ1v) is 10.2. The molecule has 0 saturated carbocycles. The average Bonchev–Trinajstić information content (AvgIpc) is 2.79. The highest BCUT2D eigenvalue weighted by atomic mass is 16.5. The number of benzene rings is 3. The van der Waals surface area contributed by atoms with E-state index in [-0.39, 0.29) is 11.6 Å². The number of nitrogens with zero attached hydrogens (tertiary/aromatic N) is 2. The minimum absolute atomic E-state index is 0.00377. The normalized spacial score (nSPS) is 12.1. The van der Waals surface area contributed by atoms with E-state index in [1.165, 1.54) is 5.56 Å². The molecule has 152 valence electrons. The van der Waals surface area contributed by atoms with Crippen molar-refractivity contribution in [2.45, 2.75) is 19.4 Å². The number of aromatic nitrogens is 2. The molecule has 0 unspecified atom stereocenters. The molecule has 2 N–H and O–H groups in total. The predicted octanol–water partition coefficient (Wildman–Crippen LogP) is 3.26. The van der Waals surface area contributed by atoms with Gasteiger partial charge in [0.2, 0.25) is 0 Å². The zero-order valence-electron chi connectivity index (χ0n) is 17.3. The van der Waals surface area contributed by atoms with Crippen LogP contribution in [0.25, 0.3) is 16.6 Å². The van der Waals surface area contributed by atoms with Crippen LogP contribution in [0.1, 0.15) is 24.4 Å². The smallest absolute Gasteiger partial charge is 0.266 e. The van der Waals surface area contributed by atoms with Gasteiger partial charge in [0.1, 0.15) is 11.8 Å². The number of hydrogen-bond acceptors (Lipinski definition) is 3. The van der Waals surface area contributed by atoms with Crippen molar-refractivity contribution in [3.05, 3.63) is 101 Å². The van der Waals surface area contributed by atoms with Crippen molar-refractivity contribution in [2.24, 2.45) is 0 Å². The first kappa shape index (κ1) is 19.9. The molecule has 5 heteroatoms. The Morgan fingerprint density at radius 2 is 1.67 bits per heavy atom. The molecule has 1 heterocycles. The molecule has 0 saturated heterocycles. The van der Waals surface area contributed by atoms with E-state index in [4.69, 9.17) is 9.72 Å². The second-order valence-electron chi connectivity index (χ2n) is 7.35. The van der Waals surface area contributed by atoms with Crippen LogP contribution in [0, 0.1) is 0 Å². The van der Waals surface area contributed by atoms with Crippen molar-refractivity contribution in [1.82, 2.24) is 9.55 Å². The topological polar surface area (TPSA) is 60.7 Å². The SMILES string of the molecule is COc1ccccc1-n1c([C@H](C)[NH2+]CCc2ccccc2)nc2ccccc2c1=O. The third kappa shape index (κ3) is 3.98. The molecule has 0 fully saturated rings. The van der Waals surface area contributed by atoms with Gasteiger partial charge in [0.15, 0.2) is 5.82 Å². The van der Waals surface area contributed by atoms with Crippen LogP contribution in [-0.4, -0.2) is 23.2 Å². The van der Waals surface area contributed by atoms with Crippen LogP contribution in [0.3, 0.4) is 0 Å². The molecular weight excluding hydrogens is 374 g/mol. The molecule has 0 radical (unpaired) electrons. The van der Waals surface area contributed by atoms with Gasteiger partial charge in [-0.05, 0) is 36.8 Å². The zero-order chi connectivity index (χ0) is 20.9. The molecule has 4 rings (SSSR count). The molecule has 0 aliphatic rings. The van der Waals surface area contributed by atoms with Crippen molar-refractivity contribution in [3.63, 3.8) is 0 Å². The van der Waals surface area contributed by atoms with Gasteiger partial charge in [0, 0.05) is 6.42 Å². The van der Waals surface area contributed by atoms with Crippen LogP contribution in [0.4, 0.5) is 0 Å². The van der Waals surface area contributed by atoms with Gasteiger partial charge in [-0.2, -0.15) is 0 Å². The van der Waals surface area contributed by atoms with E-state index in [1.807, 2.05) is 54.6 Å². The lowest BCUT2D eigenvalue weighted by molar-refractivity contribution is -0.693. The van der Waals surface area contributed by atoms with E-state index in [9.17, 15) is 4.79 Å². The number of methoxy groups -OCH3 is 1. The lowest BCUT2D eigenvalue weighted by Crippen LogP contribution is -2.85. The highest BCUT2D eigenvalue weighted by Gasteiger charge is 2.21. The number of rotatable bonds is 7. The van der Waals surface area contributed by atoms with Gasteiger partial charge in [-0.15, -0.1) is 0 Å². The van der Waals surface area contributed by atoms with Crippen LogP contribution in [0.5, 0.6) is 5.75 Å². The molecule has 1 aromatic heterocycles. The summed E-state index contributed by atoms with van der Waals surface area (Å²) in [6.07, 6.45) is 0.956. The number of para-hydroxylation sites is 3. The first-order chi connectivity index (χ1) is 14.7. The number of hydrogen-bond donors (Lipinski definition) is 1. The Bertz CT molecular complexity index is 1200. The summed E-state index contributed by atoms with van der Waals surface area (Å²) >= 11 is 0. The van der Waals surface area contributed by atoms with Gasteiger partial charge in [0.25, 0.3) is 5.56 Å². The van der Waals surface area contributed by atoms with Crippen molar-refractivity contribution in [3.8, 4) is 11.4 Å². The van der Waals surface area contributed by atoms with Crippen LogP contribution < -0.4 is 15.6 Å². The van der Waals surface area contributed by atoms with E-state index >= 15 is 0 Å². The maximum Gasteiger partial charge on any atom is 0.266 e. The molecule has 0 aliphatic heterocycles. The van der Waals surface area contributed by atoms with E-state index < -0.39 is 0 Å². The lowest BCUT2D eigenvalue weighted by Gasteiger charge is -2.19. The second-order valence-corrected chi connectivity index (χ2v) is 7.35. The average molecular weight is 401 g/mol. The standard InChI is InChI=1S/C25H25N3O2/c1-18(26-17-16-19-10-4-3-5-11-19)24-27-21-13-7-6-12-20(21)25(29)28(24)22-14-8-9-15-23(22)30-2/h3-15,18,26H,16-17H2,1-2H3/p+1/t18-/m0/s1. The lowest BCUT2D eigenvalue weighted by atomic mass is 10.1. The number of quaternary nitrogens is 1. The molecule has 3 aromatic carbocycles. The fraction of sp³-hybridized carbons (Fsp3) is 0.200. The van der Waals surface area contributed by atoms with Crippen molar-refractivity contribution >= 4 is 10.9 Å². The Hall–Kier alpha value is -3.44. The Morgan fingerprint density at radius 3 is 2.47 bits per heavy atom. The number of nitrogens with two attached hydrogens (primary N) is 1. The van der Waals surface area contributed by atoms with Gasteiger partial charge < -0.3 is 10.1 Å². The summed E-state index contributed by atoms with van der Waals surface area (Å²) in [5.41, 5.74) is 2.64. The number of ether oxygens (including phenoxy) is 1. The summed E-state index contributed by atoms with van der Waals surface area (Å²) in [4.78, 5) is 18.4. The van der Waals surface area contributed by atoms with Gasteiger partial charge in [0.05, 0.1) is 30.2 Å². The molecule has 0 spiro atoms. The third-order valence-electron chi connectivity index (χ3n) is 5.33. The summed E-state index contributed by atoms with van der Waals surface area (Å²) < 4.78 is 7.24. The maximum atomic E-state index is 13.5. The molecule has 0 amide bonds. The van der Waals surface area contributed by atoms with Crippen LogP contribution in [0.15, 0.2) is 83.7 Å². The maximum absolute atomic E-state index is 13.5. The highest BCUT2D eigenvalue weighted by molar-refractivity contribution is 5.78. The minimum atomic E-state index is -0.0802. The van der Waals surface area contributed by atoms with Crippen molar-refractivity contribution < 1.29 is 10.1 Å². The monoisotopic (exact) mass is 400 g/mol. The minimum Gasteiger partial charge on any atom is -0.495 e. The molecular formula is C25H26N3O2+. The van der Waals surface area contributed by atoms with Crippen molar-refractivity contribution in [1.29, 1.82) is 0 Å². The quantitative estimate of drug-likeness (QED) is 0.518. The van der Waals surface area contributed by atoms with Crippen LogP contribution in [-0.2, 0) is 6.42 Å². The predicted molar refractivity (Wildman–Crippen MR) is 119 cm³/mol. The van der Waals surface area contributed by atoms with E-state index in [0.29, 0.717) is 22.3 Å². The van der Waals surface area contributed by atoms with Crippen LogP contribution in [0.2, 0.25) is 0 Å². The Morgan fingerprint density at radius 1 is 0.967 bits per heavy atom. The molecule has 1 atom stereocenters. The molecule has 5 nitrogen and oxygen atoms in total. The first-order valence-electron chi connectivity index (χ1n) is 10.2. The summed E-state index contributed by atoms with van der Waals surface area (Å²) in [6, 6.07) is 25.5. The van der Waals surface area contributed by atoms with E-state index in [2.05, 4.69) is 36.5 Å². The van der Waals surface area contributed by atoms with E-state index in [1.54, 1.807) is 11.7 Å². The van der Waals surface area contributed by atoms with Crippen molar-refractivity contribution in [2.75, 3.05) is 13.7 Å². The number of fused-ring (bicyclic) bond motifs is 1. The summed E-state index contributed by atoms with van der Waals surface area (Å²) in [6.45, 7) is 2.99. The molecule has 0 bridgehead atoms. The Kier molecular flexibility index (Phi) is 5.91. The summed E-state index contributed by atoms with van der Waals surface area (Å²) in [5, 5.41) is 2.83. The zero-order valence-corrected chi connectivity index (χ0v) is 17.3. The highest BCUT2D eigenvalue weighted by Crippen LogP contribution is 2.24. The van der Waals surface area contributed by atoms with Gasteiger partial charge in [-0.1, -0.05) is 54.6 Å². The fourth-order valence-electron chi connectivity index (χ4n) is 3.75. The van der Waals surface area contributed by atoms with E-state index in [0.717, 1.165) is 18.8 Å². The second kappa shape index (κ2) is 8.93. The third-order valence-corrected chi connectivity index (χ3v) is 5.33. The largest absolute Gasteiger partial charge is 0.495 e. The molecule has 0 aliphatic carbocycles. The molecule has 4 aromatic rings.